The van der Waals surface area contributed by atoms with Crippen molar-refractivity contribution in [3.8, 4) is 0 Å². The van der Waals surface area contributed by atoms with Gasteiger partial charge in [0.25, 0.3) is 0 Å². The fraction of sp³-hybridized carbons (Fsp3) is 0.750. The van der Waals surface area contributed by atoms with Gasteiger partial charge in [0.15, 0.2) is 0 Å². The molecule has 0 aromatic heterocycles. The largest absolute Gasteiger partial charge is 0.500 e. The Morgan fingerprint density at radius 3 is 2.00 bits per heavy atom. The number of allylic oxidation sites excluding steroid dienone is 1. The van der Waals surface area contributed by atoms with Gasteiger partial charge in [-0.25, -0.2) is 4.39 Å². The normalized spacial score (nSPS) is 11.7. The summed E-state index contributed by atoms with van der Waals surface area (Å²) in [4.78, 5) is 0. The third-order valence-electron chi connectivity index (χ3n) is 1.91. The summed E-state index contributed by atoms with van der Waals surface area (Å²) in [6.45, 7) is 3.06. The zero-order chi connectivity index (χ0) is 10.3. The van der Waals surface area contributed by atoms with Crippen molar-refractivity contribution in [1.82, 2.24) is 0 Å². The molecule has 0 N–H and O–H groups in total. The van der Waals surface area contributed by atoms with Crippen LogP contribution in [0.3, 0.4) is 0 Å². The molecule has 0 rings (SSSR count). The van der Waals surface area contributed by atoms with Gasteiger partial charge in [-0.3, -0.25) is 0 Å². The zero-order valence-corrected chi connectivity index (χ0v) is 9.43. The Bertz CT molecular complexity index is 151. The van der Waals surface area contributed by atoms with Gasteiger partial charge in [0.05, 0.1) is 0 Å². The van der Waals surface area contributed by atoms with Crippen LogP contribution in [0.15, 0.2) is 12.2 Å². The van der Waals surface area contributed by atoms with Crippen LogP contribution in [0.5, 0.6) is 0 Å². The van der Waals surface area contributed by atoms with Crippen molar-refractivity contribution in [3.05, 3.63) is 12.2 Å². The highest BCUT2D eigenvalue weighted by molar-refractivity contribution is 6.60. The minimum Gasteiger partial charge on any atom is -0.377 e. The lowest BCUT2D eigenvalue weighted by Crippen LogP contribution is -2.42. The van der Waals surface area contributed by atoms with Gasteiger partial charge in [-0.15, -0.1) is 0 Å². The van der Waals surface area contributed by atoms with E-state index in [9.17, 15) is 4.39 Å². The molecule has 0 aromatic rings. The van der Waals surface area contributed by atoms with E-state index in [4.69, 9.17) is 13.3 Å². The van der Waals surface area contributed by atoms with Crippen LogP contribution in [0.25, 0.3) is 0 Å². The Kier molecular flexibility index (Phi) is 6.14. The summed E-state index contributed by atoms with van der Waals surface area (Å²) in [7, 11) is 2.09. The van der Waals surface area contributed by atoms with E-state index in [1.54, 1.807) is 0 Å². The van der Waals surface area contributed by atoms with Crippen molar-refractivity contribution in [2.24, 2.45) is 0 Å². The fourth-order valence-corrected chi connectivity index (χ4v) is 2.72. The molecule has 5 heteroatoms. The van der Waals surface area contributed by atoms with Gasteiger partial charge >= 0.3 is 8.80 Å². The predicted octanol–water partition coefficient (Wildman–Crippen LogP) is 1.78. The molecular weight excluding hydrogens is 191 g/mol. The highest BCUT2D eigenvalue weighted by Crippen LogP contribution is 2.17. The predicted molar refractivity (Wildman–Crippen MR) is 51.3 cm³/mol. The standard InChI is InChI=1S/C8H17FO3Si/c1-8(7-9)5-6-13(10-2,11-3)12-4/h1,5-7H2,2-4H3. The van der Waals surface area contributed by atoms with Crippen LogP contribution in [-0.4, -0.2) is 36.8 Å². The third-order valence-corrected chi connectivity index (χ3v) is 4.64. The van der Waals surface area contributed by atoms with Crippen LogP contribution in [0.4, 0.5) is 4.39 Å². The average Bonchev–Trinajstić information content (AvgIpc) is 2.20. The summed E-state index contributed by atoms with van der Waals surface area (Å²) >= 11 is 0. The molecule has 0 aromatic carbocycles. The van der Waals surface area contributed by atoms with Gasteiger partial charge in [-0.05, 0) is 12.0 Å². The Hall–Kier alpha value is -0.233. The second-order valence-electron chi connectivity index (χ2n) is 2.68. The van der Waals surface area contributed by atoms with Crippen LogP contribution >= 0.6 is 0 Å². The van der Waals surface area contributed by atoms with Crippen molar-refractivity contribution in [2.75, 3.05) is 28.0 Å². The Labute approximate surface area is 79.9 Å². The molecule has 0 radical (unpaired) electrons. The summed E-state index contributed by atoms with van der Waals surface area (Å²) in [5.74, 6) is 0. The molecule has 0 bridgehead atoms. The lowest BCUT2D eigenvalue weighted by molar-refractivity contribution is 0.123. The first kappa shape index (κ1) is 12.8. The van der Waals surface area contributed by atoms with Gasteiger partial charge in [-0.1, -0.05) is 6.58 Å². The van der Waals surface area contributed by atoms with Crippen LogP contribution < -0.4 is 0 Å². The van der Waals surface area contributed by atoms with E-state index >= 15 is 0 Å². The highest BCUT2D eigenvalue weighted by atomic mass is 28.4. The van der Waals surface area contributed by atoms with E-state index in [0.29, 0.717) is 18.0 Å². The quantitative estimate of drug-likeness (QED) is 0.471. The summed E-state index contributed by atoms with van der Waals surface area (Å²) in [6.07, 6.45) is 0.540. The molecule has 78 valence electrons. The number of rotatable bonds is 7. The zero-order valence-electron chi connectivity index (χ0n) is 8.43. The van der Waals surface area contributed by atoms with Gasteiger partial charge in [0.1, 0.15) is 6.67 Å². The smallest absolute Gasteiger partial charge is 0.377 e. The van der Waals surface area contributed by atoms with Crippen molar-refractivity contribution >= 4 is 8.80 Å². The molecule has 0 amide bonds. The van der Waals surface area contributed by atoms with E-state index in [0.717, 1.165) is 0 Å². The molecule has 0 aliphatic heterocycles. The maximum Gasteiger partial charge on any atom is 0.500 e. The molecule has 0 unspecified atom stereocenters. The maximum absolute atomic E-state index is 12.1. The molecule has 0 aliphatic rings. The molecule has 0 fully saturated rings. The minimum absolute atomic E-state index is 0.498. The molecule has 3 nitrogen and oxygen atoms in total. The molecule has 0 saturated carbocycles. The Morgan fingerprint density at radius 1 is 1.23 bits per heavy atom. The second kappa shape index (κ2) is 6.26. The van der Waals surface area contributed by atoms with Crippen molar-refractivity contribution < 1.29 is 17.7 Å². The van der Waals surface area contributed by atoms with Crippen molar-refractivity contribution in [1.29, 1.82) is 0 Å². The average molecular weight is 208 g/mol. The first-order valence-electron chi connectivity index (χ1n) is 4.02. The van der Waals surface area contributed by atoms with E-state index in [1.807, 2.05) is 0 Å². The molecule has 0 atom stereocenters. The first-order chi connectivity index (χ1) is 6.14. The Balaban J connectivity index is 4.02. The van der Waals surface area contributed by atoms with E-state index in [-0.39, 0.29) is 0 Å². The third kappa shape index (κ3) is 3.99. The van der Waals surface area contributed by atoms with Crippen LogP contribution in [0.1, 0.15) is 6.42 Å². The van der Waals surface area contributed by atoms with Crippen molar-refractivity contribution in [3.63, 3.8) is 0 Å². The lowest BCUT2D eigenvalue weighted by atomic mass is 10.3. The summed E-state index contributed by atoms with van der Waals surface area (Å²) < 4.78 is 27.6. The van der Waals surface area contributed by atoms with Gasteiger partial charge in [0, 0.05) is 27.4 Å². The molecule has 0 heterocycles. The van der Waals surface area contributed by atoms with Crippen LogP contribution in [0, 0.1) is 0 Å². The molecule has 0 saturated heterocycles. The fourth-order valence-electron chi connectivity index (χ4n) is 0.953. The van der Waals surface area contributed by atoms with Crippen LogP contribution in [0.2, 0.25) is 6.04 Å². The number of hydrogen-bond acceptors (Lipinski definition) is 3. The van der Waals surface area contributed by atoms with Gasteiger partial charge in [0.2, 0.25) is 0 Å². The maximum atomic E-state index is 12.1. The lowest BCUT2D eigenvalue weighted by Gasteiger charge is -2.24. The van der Waals surface area contributed by atoms with E-state index in [1.165, 1.54) is 21.3 Å². The molecule has 13 heavy (non-hydrogen) atoms. The molecule has 0 spiro atoms. The molecule has 0 aliphatic carbocycles. The topological polar surface area (TPSA) is 27.7 Å². The Morgan fingerprint density at radius 2 is 1.69 bits per heavy atom. The van der Waals surface area contributed by atoms with Gasteiger partial charge in [-0.2, -0.15) is 0 Å². The van der Waals surface area contributed by atoms with Crippen LogP contribution in [-0.2, 0) is 13.3 Å². The second-order valence-corrected chi connectivity index (χ2v) is 5.77. The van der Waals surface area contributed by atoms with Crippen molar-refractivity contribution in [2.45, 2.75) is 12.5 Å². The number of alkyl halides is 1. The van der Waals surface area contributed by atoms with Gasteiger partial charge < -0.3 is 13.3 Å². The summed E-state index contributed by atoms with van der Waals surface area (Å²) in [6, 6.07) is 0.569. The highest BCUT2D eigenvalue weighted by Gasteiger charge is 2.37. The van der Waals surface area contributed by atoms with E-state index in [2.05, 4.69) is 6.58 Å². The summed E-state index contributed by atoms with van der Waals surface area (Å²) in [5.41, 5.74) is 0.544. The monoisotopic (exact) mass is 208 g/mol. The van der Waals surface area contributed by atoms with E-state index < -0.39 is 15.5 Å². The SMILES string of the molecule is C=C(CF)CC[Si](OC)(OC)OC. The minimum atomic E-state index is -2.52. The summed E-state index contributed by atoms with van der Waals surface area (Å²) in [5, 5.41) is 0. The first-order valence-corrected chi connectivity index (χ1v) is 5.95. The number of hydrogen-bond donors (Lipinski definition) is 0. The number of halogens is 1. The molecular formula is C8H17FO3Si.